The van der Waals surface area contributed by atoms with E-state index >= 15 is 0 Å². The van der Waals surface area contributed by atoms with E-state index in [0.717, 1.165) is 37.9 Å². The monoisotopic (exact) mass is 274 g/mol. The molecular weight excluding hydrogens is 248 g/mol. The molecule has 0 radical (unpaired) electrons. The number of piperazine rings is 1. The van der Waals surface area contributed by atoms with Crippen LogP contribution in [0.5, 0.6) is 5.75 Å². The normalized spacial score (nSPS) is 27.5. The Morgan fingerprint density at radius 2 is 1.95 bits per heavy atom. The summed E-state index contributed by atoms with van der Waals surface area (Å²) in [4.78, 5) is 2.56. The van der Waals surface area contributed by atoms with Gasteiger partial charge in [0.05, 0.1) is 6.61 Å². The Balaban J connectivity index is 1.53. The molecule has 3 rings (SSSR count). The topological polar surface area (TPSA) is 24.5 Å². The highest BCUT2D eigenvalue weighted by atomic mass is 16.5. The average Bonchev–Trinajstić information content (AvgIpc) is 3.26. The summed E-state index contributed by atoms with van der Waals surface area (Å²) in [7, 11) is 0. The van der Waals surface area contributed by atoms with Crippen LogP contribution in [0.4, 0.5) is 0 Å². The Kier molecular flexibility index (Phi) is 4.27. The molecule has 0 bridgehead atoms. The van der Waals surface area contributed by atoms with E-state index in [9.17, 15) is 0 Å². The molecule has 2 fully saturated rings. The van der Waals surface area contributed by atoms with Crippen LogP contribution in [-0.2, 0) is 6.54 Å². The Hall–Kier alpha value is -1.06. The van der Waals surface area contributed by atoms with Crippen LogP contribution in [0.25, 0.3) is 0 Å². The van der Waals surface area contributed by atoms with E-state index in [-0.39, 0.29) is 0 Å². The number of nitrogens with zero attached hydrogens (tertiary/aromatic N) is 1. The summed E-state index contributed by atoms with van der Waals surface area (Å²) in [6.07, 6.45) is 2.69. The second-order valence-corrected chi connectivity index (χ2v) is 6.49. The minimum absolute atomic E-state index is 0.590. The van der Waals surface area contributed by atoms with Gasteiger partial charge >= 0.3 is 0 Å². The zero-order chi connectivity index (χ0) is 13.9. The first-order chi connectivity index (χ1) is 9.70. The molecule has 3 heteroatoms. The molecular formula is C17H26N2O. The summed E-state index contributed by atoms with van der Waals surface area (Å²) in [6, 6.07) is 9.86. The summed E-state index contributed by atoms with van der Waals surface area (Å²) < 4.78 is 5.79. The Morgan fingerprint density at radius 1 is 1.20 bits per heavy atom. The molecule has 1 aromatic carbocycles. The summed E-state index contributed by atoms with van der Waals surface area (Å²) in [5, 5.41) is 3.53. The Morgan fingerprint density at radius 3 is 2.65 bits per heavy atom. The van der Waals surface area contributed by atoms with Gasteiger partial charge in [-0.3, -0.25) is 4.90 Å². The van der Waals surface area contributed by atoms with Crippen molar-refractivity contribution in [1.29, 1.82) is 0 Å². The van der Waals surface area contributed by atoms with Crippen LogP contribution in [0.15, 0.2) is 24.3 Å². The average molecular weight is 274 g/mol. The van der Waals surface area contributed by atoms with Crippen molar-refractivity contribution in [3.05, 3.63) is 29.8 Å². The van der Waals surface area contributed by atoms with Crippen LogP contribution in [0, 0.1) is 5.92 Å². The highest BCUT2D eigenvalue weighted by Gasteiger charge is 2.23. The number of ether oxygens (including phenoxy) is 1. The predicted molar refractivity (Wildman–Crippen MR) is 82.0 cm³/mol. The van der Waals surface area contributed by atoms with Crippen molar-refractivity contribution in [2.24, 2.45) is 5.92 Å². The van der Waals surface area contributed by atoms with E-state index in [0.29, 0.717) is 12.1 Å². The van der Waals surface area contributed by atoms with Crippen LogP contribution < -0.4 is 10.1 Å². The van der Waals surface area contributed by atoms with E-state index in [4.69, 9.17) is 4.74 Å². The third-order valence-corrected chi connectivity index (χ3v) is 4.39. The summed E-state index contributed by atoms with van der Waals surface area (Å²) in [5.41, 5.74) is 1.38. The van der Waals surface area contributed by atoms with Gasteiger partial charge in [-0.25, -0.2) is 0 Å². The lowest BCUT2D eigenvalue weighted by molar-refractivity contribution is 0.139. The molecule has 1 heterocycles. The zero-order valence-corrected chi connectivity index (χ0v) is 12.6. The smallest absolute Gasteiger partial charge is 0.119 e. The van der Waals surface area contributed by atoms with Gasteiger partial charge in [-0.2, -0.15) is 0 Å². The van der Waals surface area contributed by atoms with Crippen molar-refractivity contribution < 1.29 is 4.74 Å². The van der Waals surface area contributed by atoms with Crippen molar-refractivity contribution in [1.82, 2.24) is 10.2 Å². The Bertz CT molecular complexity index is 427. The minimum Gasteiger partial charge on any atom is -0.493 e. The molecule has 3 nitrogen and oxygen atoms in total. The fourth-order valence-corrected chi connectivity index (χ4v) is 2.74. The van der Waals surface area contributed by atoms with Gasteiger partial charge in [0.2, 0.25) is 0 Å². The first-order valence-electron chi connectivity index (χ1n) is 7.90. The lowest BCUT2D eigenvalue weighted by atomic mass is 10.1. The number of nitrogens with one attached hydrogen (secondary N) is 1. The van der Waals surface area contributed by atoms with Crippen LogP contribution in [0.3, 0.4) is 0 Å². The molecule has 0 spiro atoms. The molecule has 1 saturated carbocycles. The largest absolute Gasteiger partial charge is 0.493 e. The maximum Gasteiger partial charge on any atom is 0.119 e. The molecule has 1 aromatic rings. The maximum absolute atomic E-state index is 5.79. The lowest BCUT2D eigenvalue weighted by Crippen LogP contribution is -2.53. The molecule has 0 aromatic heterocycles. The molecule has 110 valence electrons. The fraction of sp³-hybridized carbons (Fsp3) is 0.647. The first-order valence-corrected chi connectivity index (χ1v) is 7.90. The SMILES string of the molecule is CC1CN(Cc2ccc(OCC3CC3)cc2)C(C)CN1. The van der Waals surface area contributed by atoms with Gasteiger partial charge < -0.3 is 10.1 Å². The maximum atomic E-state index is 5.79. The second-order valence-electron chi connectivity index (χ2n) is 6.49. The van der Waals surface area contributed by atoms with Crippen LogP contribution >= 0.6 is 0 Å². The summed E-state index contributed by atoms with van der Waals surface area (Å²) >= 11 is 0. The van der Waals surface area contributed by atoms with Crippen molar-refractivity contribution in [2.45, 2.75) is 45.3 Å². The van der Waals surface area contributed by atoms with Crippen molar-refractivity contribution in [3.8, 4) is 5.75 Å². The first kappa shape index (κ1) is 13.9. The van der Waals surface area contributed by atoms with Crippen LogP contribution in [0.2, 0.25) is 0 Å². The molecule has 0 amide bonds. The van der Waals surface area contributed by atoms with Gasteiger partial charge in [0, 0.05) is 31.7 Å². The van der Waals surface area contributed by atoms with Gasteiger partial charge in [-0.05, 0) is 50.3 Å². The molecule has 1 aliphatic heterocycles. The van der Waals surface area contributed by atoms with E-state index in [1.807, 2.05) is 0 Å². The molecule has 2 atom stereocenters. The van der Waals surface area contributed by atoms with Gasteiger partial charge in [0.15, 0.2) is 0 Å². The standard InChI is InChI=1S/C17H26N2O/c1-13-10-19(14(2)9-18-13)11-15-5-7-17(8-6-15)20-12-16-3-4-16/h5-8,13-14,16,18H,3-4,9-12H2,1-2H3. The zero-order valence-electron chi connectivity index (χ0n) is 12.6. The molecule has 1 aliphatic carbocycles. The van der Waals surface area contributed by atoms with Crippen molar-refractivity contribution >= 4 is 0 Å². The predicted octanol–water partition coefficient (Wildman–Crippen LogP) is 2.66. The van der Waals surface area contributed by atoms with Crippen molar-refractivity contribution in [3.63, 3.8) is 0 Å². The van der Waals surface area contributed by atoms with Gasteiger partial charge in [-0.15, -0.1) is 0 Å². The molecule has 2 aliphatic rings. The third kappa shape index (κ3) is 3.74. The third-order valence-electron chi connectivity index (χ3n) is 4.39. The second kappa shape index (κ2) is 6.15. The van der Waals surface area contributed by atoms with Gasteiger partial charge in [0.25, 0.3) is 0 Å². The van der Waals surface area contributed by atoms with E-state index in [1.165, 1.54) is 18.4 Å². The number of hydrogen-bond donors (Lipinski definition) is 1. The summed E-state index contributed by atoms with van der Waals surface area (Å²) in [5.74, 6) is 1.83. The van der Waals surface area contributed by atoms with E-state index in [1.54, 1.807) is 0 Å². The highest BCUT2D eigenvalue weighted by Crippen LogP contribution is 2.29. The number of rotatable bonds is 5. The van der Waals surface area contributed by atoms with Crippen molar-refractivity contribution in [2.75, 3.05) is 19.7 Å². The molecule has 2 unspecified atom stereocenters. The van der Waals surface area contributed by atoms with Gasteiger partial charge in [-0.1, -0.05) is 12.1 Å². The van der Waals surface area contributed by atoms with E-state index < -0.39 is 0 Å². The molecule has 1 N–H and O–H groups in total. The minimum atomic E-state index is 0.590. The lowest BCUT2D eigenvalue weighted by Gasteiger charge is -2.37. The van der Waals surface area contributed by atoms with Crippen LogP contribution in [0.1, 0.15) is 32.3 Å². The quantitative estimate of drug-likeness (QED) is 0.893. The molecule has 1 saturated heterocycles. The molecule has 20 heavy (non-hydrogen) atoms. The Labute approximate surface area is 122 Å². The fourth-order valence-electron chi connectivity index (χ4n) is 2.74. The van der Waals surface area contributed by atoms with E-state index in [2.05, 4.69) is 48.3 Å². The van der Waals surface area contributed by atoms with Crippen LogP contribution in [-0.4, -0.2) is 36.7 Å². The highest BCUT2D eigenvalue weighted by molar-refractivity contribution is 5.27. The number of benzene rings is 1. The number of hydrogen-bond acceptors (Lipinski definition) is 3. The van der Waals surface area contributed by atoms with Gasteiger partial charge in [0.1, 0.15) is 5.75 Å². The summed E-state index contributed by atoms with van der Waals surface area (Å²) in [6.45, 7) is 8.70.